The second-order valence-corrected chi connectivity index (χ2v) is 11.5. The molecule has 2 aromatic heterocycles. The number of imidazole rings is 1. The van der Waals surface area contributed by atoms with E-state index in [9.17, 15) is 9.18 Å². The Morgan fingerprint density at radius 1 is 1.05 bits per heavy atom. The summed E-state index contributed by atoms with van der Waals surface area (Å²) in [5.41, 5.74) is 0.0810. The molecule has 3 aliphatic rings. The summed E-state index contributed by atoms with van der Waals surface area (Å²) in [5.74, 6) is -0.384. The van der Waals surface area contributed by atoms with Gasteiger partial charge in [0.2, 0.25) is 11.9 Å². The van der Waals surface area contributed by atoms with Crippen molar-refractivity contribution >= 4 is 17.7 Å². The minimum atomic E-state index is -1.46. The van der Waals surface area contributed by atoms with E-state index in [1.807, 2.05) is 11.0 Å². The normalized spacial score (nSPS) is 18.8. The topological polar surface area (TPSA) is 103 Å². The van der Waals surface area contributed by atoms with Crippen molar-refractivity contribution in [1.29, 1.82) is 0 Å². The molecule has 3 aliphatic heterocycles. The first kappa shape index (κ1) is 27.0. The van der Waals surface area contributed by atoms with Crippen molar-refractivity contribution < 1.29 is 27.8 Å². The molecule has 43 heavy (non-hydrogen) atoms. The van der Waals surface area contributed by atoms with Crippen molar-refractivity contribution in [3.63, 3.8) is 0 Å². The van der Waals surface area contributed by atoms with Gasteiger partial charge in [0, 0.05) is 60.1 Å². The van der Waals surface area contributed by atoms with E-state index in [0.29, 0.717) is 60.3 Å². The van der Waals surface area contributed by atoms with Gasteiger partial charge >= 0.3 is 6.09 Å². The third-order valence-electron chi connectivity index (χ3n) is 7.52. The number of nitrogens with one attached hydrogen (secondary N) is 1. The van der Waals surface area contributed by atoms with Gasteiger partial charge in [0.15, 0.2) is 22.9 Å². The number of halogens is 2. The van der Waals surface area contributed by atoms with Gasteiger partial charge in [-0.15, -0.1) is 0 Å². The molecule has 12 heteroatoms. The number of fused-ring (bicyclic) bond motifs is 6. The van der Waals surface area contributed by atoms with E-state index >= 15 is 4.39 Å². The number of ether oxygens (including phenoxy) is 3. The lowest BCUT2D eigenvalue weighted by molar-refractivity contribution is 0.0561. The zero-order chi connectivity index (χ0) is 29.9. The van der Waals surface area contributed by atoms with Crippen LogP contribution in [0, 0.1) is 11.8 Å². The zero-order valence-electron chi connectivity index (χ0n) is 23.7. The van der Waals surface area contributed by atoms with Crippen molar-refractivity contribution in [1.82, 2.24) is 19.9 Å². The van der Waals surface area contributed by atoms with Crippen LogP contribution in [0.2, 0.25) is 0 Å². The van der Waals surface area contributed by atoms with Crippen LogP contribution in [0.1, 0.15) is 37.7 Å². The van der Waals surface area contributed by atoms with Gasteiger partial charge in [0.25, 0.3) is 0 Å². The first-order valence-electron chi connectivity index (χ1n) is 13.9. The van der Waals surface area contributed by atoms with Crippen molar-refractivity contribution in [2.24, 2.45) is 4.99 Å². The molecule has 1 amide bonds. The van der Waals surface area contributed by atoms with E-state index in [-0.39, 0.29) is 17.3 Å². The zero-order valence-corrected chi connectivity index (χ0v) is 23.7. The second kappa shape index (κ2) is 9.87. The van der Waals surface area contributed by atoms with Crippen molar-refractivity contribution in [2.75, 3.05) is 31.2 Å². The van der Waals surface area contributed by atoms with Gasteiger partial charge < -0.3 is 19.1 Å². The summed E-state index contributed by atoms with van der Waals surface area (Å²) in [6.45, 7) is 7.45. The average molecular weight is 587 g/mol. The Hall–Kier alpha value is -4.84. The number of nitrogens with zero attached hydrogens (tertiary/aromatic N) is 5. The Kier molecular flexibility index (Phi) is 6.20. The maximum absolute atomic E-state index is 16.0. The number of pyridine rings is 1. The van der Waals surface area contributed by atoms with Crippen LogP contribution < -0.4 is 15.0 Å². The molecular formula is C31H28F2N6O4. The monoisotopic (exact) mass is 586 g/mol. The van der Waals surface area contributed by atoms with E-state index < -0.39 is 29.0 Å². The molecule has 0 bridgehead atoms. The third-order valence-corrected chi connectivity index (χ3v) is 7.52. The molecule has 1 atom stereocenters. The van der Waals surface area contributed by atoms with Gasteiger partial charge in [0.1, 0.15) is 11.4 Å². The molecule has 0 aliphatic carbocycles. The highest BCUT2D eigenvalue weighted by Gasteiger charge is 2.52. The molecule has 1 spiro atoms. The van der Waals surface area contributed by atoms with Gasteiger partial charge in [-0.05, 0) is 56.7 Å². The number of carbonyl (C=O) groups is 1. The number of aromatic nitrogens is 3. The van der Waals surface area contributed by atoms with Gasteiger partial charge in [-0.2, -0.15) is 4.39 Å². The summed E-state index contributed by atoms with van der Waals surface area (Å²) in [7, 11) is 0. The van der Waals surface area contributed by atoms with Crippen molar-refractivity contribution in [3.8, 4) is 22.6 Å². The molecule has 5 heterocycles. The van der Waals surface area contributed by atoms with Crippen molar-refractivity contribution in [3.05, 3.63) is 89.8 Å². The number of carbonyl (C=O) groups excluding carboxylic acids is 1. The number of morpholine rings is 1. The predicted octanol–water partition coefficient (Wildman–Crippen LogP) is 5.20. The largest absolute Gasteiger partial charge is 0.453 e. The molecule has 1 saturated heterocycles. The van der Waals surface area contributed by atoms with E-state index in [2.05, 4.69) is 15.3 Å². The Balaban J connectivity index is 1.47. The first-order chi connectivity index (χ1) is 20.6. The summed E-state index contributed by atoms with van der Waals surface area (Å²) in [6.07, 6.45) is 3.89. The van der Waals surface area contributed by atoms with E-state index in [4.69, 9.17) is 19.2 Å². The van der Waals surface area contributed by atoms with Crippen LogP contribution in [0.4, 0.5) is 19.3 Å². The van der Waals surface area contributed by atoms with Crippen LogP contribution in [0.25, 0.3) is 11.1 Å². The smallest absolute Gasteiger partial charge is 0.414 e. The minimum Gasteiger partial charge on any atom is -0.453 e. The number of amides is 1. The van der Waals surface area contributed by atoms with Crippen LogP contribution in [0.3, 0.4) is 0 Å². The SMILES string of the molecule is CC(C)(C)OC(=O)NC1=NC2(c3cc(-c4cccnc4F)ccc3Oc3c(F)cc(N4CCOCC4)cc32)c2nccn21. The Labute approximate surface area is 245 Å². The quantitative estimate of drug-likeness (QED) is 0.322. The number of alkyl carbamates (subject to hydrolysis) is 1. The second-order valence-electron chi connectivity index (χ2n) is 11.5. The van der Waals surface area contributed by atoms with Crippen LogP contribution in [-0.4, -0.2) is 58.5 Å². The predicted molar refractivity (Wildman–Crippen MR) is 153 cm³/mol. The Bertz CT molecular complexity index is 1790. The molecule has 1 N–H and O–H groups in total. The highest BCUT2D eigenvalue weighted by molar-refractivity contribution is 5.98. The molecule has 1 fully saturated rings. The molecule has 4 aromatic rings. The van der Waals surface area contributed by atoms with Gasteiger partial charge in [-0.25, -0.2) is 24.1 Å². The Morgan fingerprint density at radius 3 is 2.63 bits per heavy atom. The minimum absolute atomic E-state index is 0.0124. The summed E-state index contributed by atoms with van der Waals surface area (Å²) < 4.78 is 49.7. The van der Waals surface area contributed by atoms with E-state index in [1.165, 1.54) is 12.3 Å². The average Bonchev–Trinajstić information content (AvgIpc) is 3.57. The summed E-state index contributed by atoms with van der Waals surface area (Å²) in [5, 5.41) is 2.74. The van der Waals surface area contributed by atoms with Crippen LogP contribution in [0.5, 0.6) is 11.5 Å². The number of benzene rings is 2. The summed E-state index contributed by atoms with van der Waals surface area (Å²) >= 11 is 0. The summed E-state index contributed by atoms with van der Waals surface area (Å²) in [6, 6.07) is 11.6. The fraction of sp³-hybridized carbons (Fsp3) is 0.290. The van der Waals surface area contributed by atoms with Gasteiger partial charge in [-0.1, -0.05) is 6.07 Å². The molecule has 220 valence electrons. The molecule has 1 unspecified atom stereocenters. The molecule has 2 aromatic carbocycles. The first-order valence-corrected chi connectivity index (χ1v) is 13.9. The fourth-order valence-electron chi connectivity index (χ4n) is 5.73. The highest BCUT2D eigenvalue weighted by Crippen LogP contribution is 2.56. The maximum atomic E-state index is 16.0. The van der Waals surface area contributed by atoms with Crippen LogP contribution in [0.15, 0.2) is 66.0 Å². The number of anilines is 1. The lowest BCUT2D eigenvalue weighted by Crippen LogP contribution is -2.38. The molecular weight excluding hydrogens is 558 g/mol. The van der Waals surface area contributed by atoms with Crippen LogP contribution >= 0.6 is 0 Å². The number of hydrogen-bond acceptors (Lipinski definition) is 8. The number of rotatable bonds is 2. The molecule has 0 saturated carbocycles. The standard InChI is InChI=1S/C31H28F2N6O4/c1-30(2,3)43-29(40)36-28-37-31(27-35-9-10-39(27)28)21-15-18(20-5-4-8-34-26(20)33)6-7-24(21)42-25-22(31)16-19(17-23(25)32)38-11-13-41-14-12-38/h4-10,15-17H,11-14H2,1-3H3,(H,36,37,40). The third kappa shape index (κ3) is 4.49. The van der Waals surface area contributed by atoms with Gasteiger partial charge in [0.05, 0.1) is 13.2 Å². The molecule has 0 radical (unpaired) electrons. The van der Waals surface area contributed by atoms with Crippen molar-refractivity contribution in [2.45, 2.75) is 31.9 Å². The lowest BCUT2D eigenvalue weighted by atomic mass is 9.79. The lowest BCUT2D eigenvalue weighted by Gasteiger charge is -2.36. The maximum Gasteiger partial charge on any atom is 0.414 e. The Morgan fingerprint density at radius 2 is 1.86 bits per heavy atom. The fourth-order valence-corrected chi connectivity index (χ4v) is 5.73. The van der Waals surface area contributed by atoms with E-state index in [0.717, 1.165) is 0 Å². The van der Waals surface area contributed by atoms with Crippen LogP contribution in [-0.2, 0) is 15.0 Å². The number of aliphatic imine (C=N–C) groups is 1. The highest BCUT2D eigenvalue weighted by atomic mass is 19.1. The van der Waals surface area contributed by atoms with E-state index in [1.54, 1.807) is 68.1 Å². The molecule has 7 rings (SSSR count). The number of hydrogen-bond donors (Lipinski definition) is 1. The van der Waals surface area contributed by atoms with Gasteiger partial charge in [-0.3, -0.25) is 9.88 Å². The summed E-state index contributed by atoms with van der Waals surface area (Å²) in [4.78, 5) is 28.4. The molecule has 10 nitrogen and oxygen atoms in total.